The van der Waals surface area contributed by atoms with E-state index in [-0.39, 0.29) is 23.1 Å². The first-order chi connectivity index (χ1) is 14.7. The van der Waals surface area contributed by atoms with Crippen LogP contribution in [0.4, 0.5) is 13.2 Å². The van der Waals surface area contributed by atoms with E-state index in [0.717, 1.165) is 12.1 Å². The first-order valence-electron chi connectivity index (χ1n) is 9.16. The quantitative estimate of drug-likeness (QED) is 0.533. The van der Waals surface area contributed by atoms with Crippen LogP contribution < -0.4 is 10.9 Å². The van der Waals surface area contributed by atoms with Crippen molar-refractivity contribution in [2.75, 3.05) is 13.2 Å². The number of pyridine rings is 1. The average Bonchev–Trinajstić information content (AvgIpc) is 2.74. The summed E-state index contributed by atoms with van der Waals surface area (Å²) < 4.78 is 40.2. The zero-order valence-corrected chi connectivity index (χ0v) is 16.7. The lowest BCUT2D eigenvalue weighted by atomic mass is 10.0. The fourth-order valence-corrected chi connectivity index (χ4v) is 3.41. The first kappa shape index (κ1) is 22.8. The zero-order chi connectivity index (χ0) is 22.8. The second kappa shape index (κ2) is 9.09. The van der Waals surface area contributed by atoms with Crippen LogP contribution in [0.3, 0.4) is 0 Å². The predicted molar refractivity (Wildman–Crippen MR) is 109 cm³/mol. The number of nitrogens with zero attached hydrogens (tertiary/aromatic N) is 1. The highest BCUT2D eigenvalue weighted by atomic mass is 35.5. The van der Waals surface area contributed by atoms with Gasteiger partial charge in [-0.15, -0.1) is 0 Å². The number of amides is 1. The summed E-state index contributed by atoms with van der Waals surface area (Å²) in [5.74, 6) is -0.577. The molecular formula is C21H18ClF3N2O4. The Morgan fingerprint density at radius 3 is 2.45 bits per heavy atom. The van der Waals surface area contributed by atoms with Crippen LogP contribution in [0.15, 0.2) is 53.5 Å². The molecule has 3 N–H and O–H groups in total. The third-order valence-electron chi connectivity index (χ3n) is 4.82. The van der Waals surface area contributed by atoms with Crippen LogP contribution in [-0.2, 0) is 12.7 Å². The molecule has 6 nitrogen and oxygen atoms in total. The molecule has 1 aromatic heterocycles. The topological polar surface area (TPSA) is 91.6 Å². The maximum atomic E-state index is 13.0. The van der Waals surface area contributed by atoms with E-state index in [0.29, 0.717) is 5.39 Å². The SMILES string of the molecule is O=C(NCc1ccc(Cl)c(C(F)(F)F)c1)c1cccc2c(=O)n(C(CO)CO)ccc12. The van der Waals surface area contributed by atoms with Crippen molar-refractivity contribution >= 4 is 28.3 Å². The lowest BCUT2D eigenvalue weighted by Crippen LogP contribution is -2.29. The minimum absolute atomic E-state index is 0.163. The number of alkyl halides is 3. The van der Waals surface area contributed by atoms with Gasteiger partial charge in [0, 0.05) is 29.1 Å². The number of carbonyl (C=O) groups is 1. The molecule has 1 amide bonds. The van der Waals surface area contributed by atoms with E-state index >= 15 is 0 Å². The van der Waals surface area contributed by atoms with E-state index in [9.17, 15) is 33.0 Å². The van der Waals surface area contributed by atoms with E-state index in [2.05, 4.69) is 5.32 Å². The Bertz CT molecular complexity index is 1170. The lowest BCUT2D eigenvalue weighted by Gasteiger charge is -2.16. The van der Waals surface area contributed by atoms with Crippen molar-refractivity contribution < 1.29 is 28.2 Å². The molecule has 2 aromatic carbocycles. The summed E-state index contributed by atoms with van der Waals surface area (Å²) in [6.07, 6.45) is -3.25. The largest absolute Gasteiger partial charge is 0.417 e. The molecule has 0 fully saturated rings. The van der Waals surface area contributed by atoms with Crippen molar-refractivity contribution in [3.63, 3.8) is 0 Å². The van der Waals surface area contributed by atoms with Gasteiger partial charge in [-0.2, -0.15) is 13.2 Å². The summed E-state index contributed by atoms with van der Waals surface area (Å²) in [5, 5.41) is 21.3. The van der Waals surface area contributed by atoms with Crippen molar-refractivity contribution in [2.45, 2.75) is 18.8 Å². The Morgan fingerprint density at radius 2 is 1.81 bits per heavy atom. The number of aromatic nitrogens is 1. The van der Waals surface area contributed by atoms with Crippen LogP contribution in [0.25, 0.3) is 10.8 Å². The van der Waals surface area contributed by atoms with Crippen LogP contribution in [0.2, 0.25) is 5.02 Å². The second-order valence-corrected chi connectivity index (χ2v) is 7.22. The number of hydrogen-bond donors (Lipinski definition) is 3. The molecule has 31 heavy (non-hydrogen) atoms. The van der Waals surface area contributed by atoms with Crippen LogP contribution in [-0.4, -0.2) is 33.9 Å². The molecular weight excluding hydrogens is 437 g/mol. The first-order valence-corrected chi connectivity index (χ1v) is 9.54. The summed E-state index contributed by atoms with van der Waals surface area (Å²) in [6, 6.07) is 8.55. The van der Waals surface area contributed by atoms with Gasteiger partial charge in [0.15, 0.2) is 0 Å². The smallest absolute Gasteiger partial charge is 0.394 e. The average molecular weight is 455 g/mol. The maximum Gasteiger partial charge on any atom is 0.417 e. The number of carbonyl (C=O) groups excluding carboxylic acids is 1. The van der Waals surface area contributed by atoms with E-state index in [1.165, 1.54) is 41.1 Å². The Labute approximate surface area is 179 Å². The van der Waals surface area contributed by atoms with Gasteiger partial charge in [0.25, 0.3) is 11.5 Å². The molecule has 0 unspecified atom stereocenters. The molecule has 10 heteroatoms. The summed E-state index contributed by atoms with van der Waals surface area (Å²) in [7, 11) is 0. The number of fused-ring (bicyclic) bond motifs is 1. The molecule has 0 saturated carbocycles. The summed E-state index contributed by atoms with van der Waals surface area (Å²) in [5.41, 5.74) is -1.11. The maximum absolute atomic E-state index is 13.0. The fraction of sp³-hybridized carbons (Fsp3) is 0.238. The van der Waals surface area contributed by atoms with Crippen molar-refractivity contribution in [3.05, 3.63) is 80.7 Å². The Hall–Kier alpha value is -2.88. The third kappa shape index (κ3) is 4.73. The lowest BCUT2D eigenvalue weighted by molar-refractivity contribution is -0.137. The summed E-state index contributed by atoms with van der Waals surface area (Å²) in [4.78, 5) is 25.4. The highest BCUT2D eigenvalue weighted by Gasteiger charge is 2.33. The molecule has 0 aliphatic carbocycles. The normalized spacial score (nSPS) is 11.8. The van der Waals surface area contributed by atoms with Gasteiger partial charge in [0.05, 0.1) is 29.8 Å². The zero-order valence-electron chi connectivity index (χ0n) is 16.0. The van der Waals surface area contributed by atoms with Crippen LogP contribution in [0.5, 0.6) is 0 Å². The molecule has 0 bridgehead atoms. The minimum Gasteiger partial charge on any atom is -0.394 e. The van der Waals surface area contributed by atoms with Gasteiger partial charge < -0.3 is 20.1 Å². The Balaban J connectivity index is 1.88. The van der Waals surface area contributed by atoms with Gasteiger partial charge in [0.1, 0.15) is 0 Å². The Kier molecular flexibility index (Phi) is 6.68. The number of hydrogen-bond acceptors (Lipinski definition) is 4. The molecule has 0 aliphatic rings. The van der Waals surface area contributed by atoms with Gasteiger partial charge in [-0.05, 0) is 35.9 Å². The monoisotopic (exact) mass is 454 g/mol. The summed E-state index contributed by atoms with van der Waals surface area (Å²) >= 11 is 5.61. The molecule has 3 aromatic rings. The van der Waals surface area contributed by atoms with E-state index < -0.39 is 47.5 Å². The highest BCUT2D eigenvalue weighted by Crippen LogP contribution is 2.35. The van der Waals surface area contributed by atoms with Gasteiger partial charge in [-0.25, -0.2) is 0 Å². The second-order valence-electron chi connectivity index (χ2n) is 6.81. The number of halogens is 4. The number of aliphatic hydroxyl groups is 2. The summed E-state index contributed by atoms with van der Waals surface area (Å²) in [6.45, 7) is -1.06. The molecule has 0 spiro atoms. The molecule has 0 saturated heterocycles. The Morgan fingerprint density at radius 1 is 1.10 bits per heavy atom. The van der Waals surface area contributed by atoms with Crippen LogP contribution in [0, 0.1) is 0 Å². The van der Waals surface area contributed by atoms with Crippen molar-refractivity contribution in [2.24, 2.45) is 0 Å². The molecule has 0 aliphatic heterocycles. The van der Waals surface area contributed by atoms with Gasteiger partial charge in [-0.3, -0.25) is 9.59 Å². The number of nitrogens with one attached hydrogen (secondary N) is 1. The van der Waals surface area contributed by atoms with Gasteiger partial charge >= 0.3 is 6.18 Å². The van der Waals surface area contributed by atoms with E-state index in [1.54, 1.807) is 0 Å². The number of benzene rings is 2. The molecule has 1 heterocycles. The molecule has 3 rings (SSSR count). The van der Waals surface area contributed by atoms with E-state index in [4.69, 9.17) is 11.6 Å². The number of aliphatic hydroxyl groups excluding tert-OH is 2. The predicted octanol–water partition coefficient (Wildman–Crippen LogP) is 3.13. The van der Waals surface area contributed by atoms with Crippen LogP contribution in [0.1, 0.15) is 27.5 Å². The minimum atomic E-state index is -4.62. The van der Waals surface area contributed by atoms with Crippen molar-refractivity contribution in [1.29, 1.82) is 0 Å². The molecule has 164 valence electrons. The fourth-order valence-electron chi connectivity index (χ4n) is 3.19. The van der Waals surface area contributed by atoms with Crippen LogP contribution >= 0.6 is 11.6 Å². The molecule has 0 atom stereocenters. The van der Waals surface area contributed by atoms with Gasteiger partial charge in [-0.1, -0.05) is 23.7 Å². The van der Waals surface area contributed by atoms with Gasteiger partial charge in [0.2, 0.25) is 0 Å². The van der Waals surface area contributed by atoms with Crippen molar-refractivity contribution in [1.82, 2.24) is 9.88 Å². The highest BCUT2D eigenvalue weighted by molar-refractivity contribution is 6.31. The van der Waals surface area contributed by atoms with Crippen molar-refractivity contribution in [3.8, 4) is 0 Å². The number of rotatable bonds is 6. The molecule has 0 radical (unpaired) electrons. The van der Waals surface area contributed by atoms with E-state index in [1.807, 2.05) is 0 Å². The third-order valence-corrected chi connectivity index (χ3v) is 5.15. The standard InChI is InChI=1S/C21H18ClF3N2O4/c22-18-5-4-12(8-17(18)21(23,24)25)9-26-19(30)15-2-1-3-16-14(15)6-7-27(20(16)31)13(10-28)11-29/h1-8,13,28-29H,9-11H2,(H,26,30).